The second-order valence-corrected chi connectivity index (χ2v) is 9.06. The van der Waals surface area contributed by atoms with Crippen LogP contribution in [-0.4, -0.2) is 28.9 Å². The van der Waals surface area contributed by atoms with Crippen molar-refractivity contribution < 1.29 is 19.7 Å². The van der Waals surface area contributed by atoms with E-state index in [4.69, 9.17) is 15.7 Å². The van der Waals surface area contributed by atoms with Crippen LogP contribution in [0.2, 0.25) is 0 Å². The van der Waals surface area contributed by atoms with Crippen LogP contribution in [-0.2, 0) is 28.9 Å². The summed E-state index contributed by atoms with van der Waals surface area (Å²) < 4.78 is 0. The SMILES string of the molecule is NOC1=CC=c2c(ccc3c2=NC(Cc2ccccc2)C2=[NH+]C(Cc4ccc(O)cc4)C(=O)N23)C1. The topological polar surface area (TPSA) is 102 Å². The fraction of sp³-hybridized carbons (Fsp3) is 0.179. The predicted octanol–water partition coefficient (Wildman–Crippen LogP) is 0.184. The summed E-state index contributed by atoms with van der Waals surface area (Å²) in [5.74, 6) is 7.10. The third-order valence-electron chi connectivity index (χ3n) is 6.81. The molecule has 4 N–H and O–H groups in total. The summed E-state index contributed by atoms with van der Waals surface area (Å²) in [5, 5.41) is 11.4. The Labute approximate surface area is 202 Å². The Kier molecular flexibility index (Phi) is 5.19. The molecule has 2 unspecified atom stereocenters. The van der Waals surface area contributed by atoms with E-state index in [1.807, 2.05) is 59.5 Å². The number of anilines is 1. The van der Waals surface area contributed by atoms with Crippen molar-refractivity contribution in [2.45, 2.75) is 31.3 Å². The number of phenols is 1. The molecule has 3 aromatic carbocycles. The molecule has 2 heterocycles. The molecule has 1 amide bonds. The van der Waals surface area contributed by atoms with E-state index < -0.39 is 6.04 Å². The third-order valence-corrected chi connectivity index (χ3v) is 6.81. The molecule has 3 aliphatic rings. The highest BCUT2D eigenvalue weighted by atomic mass is 16.6. The molecular formula is C28H25N4O3+. The molecule has 0 bridgehead atoms. The highest BCUT2D eigenvalue weighted by Gasteiger charge is 2.49. The first-order chi connectivity index (χ1) is 17.1. The molecule has 7 heteroatoms. The largest absolute Gasteiger partial charge is 0.508 e. The Bertz CT molecular complexity index is 1490. The van der Waals surface area contributed by atoms with Crippen molar-refractivity contribution >= 4 is 23.5 Å². The van der Waals surface area contributed by atoms with Crippen molar-refractivity contribution in [3.8, 4) is 5.75 Å². The van der Waals surface area contributed by atoms with Gasteiger partial charge in [-0.25, -0.2) is 4.79 Å². The summed E-state index contributed by atoms with van der Waals surface area (Å²) in [4.78, 5) is 29.2. The van der Waals surface area contributed by atoms with Crippen LogP contribution >= 0.6 is 0 Å². The zero-order valence-corrected chi connectivity index (χ0v) is 19.0. The smallest absolute Gasteiger partial charge is 0.359 e. The minimum absolute atomic E-state index is 0.000399. The van der Waals surface area contributed by atoms with Crippen LogP contribution in [0.4, 0.5) is 5.69 Å². The van der Waals surface area contributed by atoms with Crippen LogP contribution in [0, 0.1) is 0 Å². The number of nitrogens with one attached hydrogen (secondary N) is 1. The number of nitrogens with zero attached hydrogens (tertiary/aromatic N) is 2. The van der Waals surface area contributed by atoms with Gasteiger partial charge in [0, 0.05) is 24.5 Å². The van der Waals surface area contributed by atoms with Crippen molar-refractivity contribution in [1.29, 1.82) is 0 Å². The Morgan fingerprint density at radius 3 is 2.54 bits per heavy atom. The normalized spacial score (nSPS) is 20.0. The molecule has 174 valence electrons. The summed E-state index contributed by atoms with van der Waals surface area (Å²) in [7, 11) is 0. The molecule has 0 aromatic heterocycles. The van der Waals surface area contributed by atoms with Crippen molar-refractivity contribution in [1.82, 2.24) is 0 Å². The molecular weight excluding hydrogens is 440 g/mol. The fourth-order valence-corrected chi connectivity index (χ4v) is 5.07. The molecule has 0 radical (unpaired) electrons. The van der Waals surface area contributed by atoms with Crippen LogP contribution < -0.4 is 26.4 Å². The second-order valence-electron chi connectivity index (χ2n) is 9.06. The van der Waals surface area contributed by atoms with Crippen LogP contribution in [0.3, 0.4) is 0 Å². The quantitative estimate of drug-likeness (QED) is 0.468. The summed E-state index contributed by atoms with van der Waals surface area (Å²) in [6.45, 7) is 0. The molecule has 0 saturated heterocycles. The first kappa shape index (κ1) is 21.3. The van der Waals surface area contributed by atoms with Gasteiger partial charge in [-0.15, -0.1) is 0 Å². The minimum Gasteiger partial charge on any atom is -0.508 e. The number of nitrogens with two attached hydrogens (primary N) is 1. The molecule has 6 rings (SSSR count). The average Bonchev–Trinajstić information content (AvgIpc) is 3.22. The Morgan fingerprint density at radius 1 is 1.00 bits per heavy atom. The number of amides is 1. The summed E-state index contributed by atoms with van der Waals surface area (Å²) in [5.41, 5.74) is 3.98. The number of carbonyl (C=O) groups excluding carboxylic acids is 1. The fourth-order valence-electron chi connectivity index (χ4n) is 5.07. The van der Waals surface area contributed by atoms with E-state index in [1.165, 1.54) is 0 Å². The molecule has 2 aliphatic heterocycles. The van der Waals surface area contributed by atoms with E-state index >= 15 is 0 Å². The summed E-state index contributed by atoms with van der Waals surface area (Å²) in [6, 6.07) is 20.5. The molecule has 7 nitrogen and oxygen atoms in total. The average molecular weight is 466 g/mol. The van der Waals surface area contributed by atoms with Crippen LogP contribution in [0.25, 0.3) is 6.08 Å². The van der Waals surface area contributed by atoms with Gasteiger partial charge in [0.2, 0.25) is 0 Å². The highest BCUT2D eigenvalue weighted by molar-refractivity contribution is 6.21. The first-order valence-corrected chi connectivity index (χ1v) is 11.7. The molecule has 0 fully saturated rings. The highest BCUT2D eigenvalue weighted by Crippen LogP contribution is 2.22. The van der Waals surface area contributed by atoms with E-state index in [0.29, 0.717) is 25.0 Å². The summed E-state index contributed by atoms with van der Waals surface area (Å²) in [6.07, 6.45) is 5.61. The number of aromatic hydroxyl groups is 1. The van der Waals surface area contributed by atoms with Gasteiger partial charge in [0.1, 0.15) is 16.9 Å². The van der Waals surface area contributed by atoms with Crippen molar-refractivity contribution in [3.05, 3.63) is 106 Å². The maximum absolute atomic E-state index is 13.7. The van der Waals surface area contributed by atoms with Gasteiger partial charge >= 0.3 is 5.91 Å². The van der Waals surface area contributed by atoms with Gasteiger partial charge in [-0.3, -0.25) is 9.98 Å². The Morgan fingerprint density at radius 2 is 1.77 bits per heavy atom. The van der Waals surface area contributed by atoms with Gasteiger partial charge in [0.25, 0.3) is 5.84 Å². The maximum Gasteiger partial charge on any atom is 0.359 e. The molecule has 2 atom stereocenters. The second kappa shape index (κ2) is 8.52. The van der Waals surface area contributed by atoms with Crippen molar-refractivity contribution in [3.63, 3.8) is 0 Å². The third kappa shape index (κ3) is 3.80. The van der Waals surface area contributed by atoms with Gasteiger partial charge in [-0.05, 0) is 47.0 Å². The zero-order valence-electron chi connectivity index (χ0n) is 19.0. The van der Waals surface area contributed by atoms with E-state index in [-0.39, 0.29) is 17.7 Å². The predicted molar refractivity (Wildman–Crippen MR) is 132 cm³/mol. The number of hydrogen-bond acceptors (Lipinski definition) is 5. The molecule has 3 aromatic rings. The van der Waals surface area contributed by atoms with Gasteiger partial charge in [-0.2, -0.15) is 10.8 Å². The number of allylic oxidation sites excluding steroid dienone is 2. The van der Waals surface area contributed by atoms with E-state index in [2.05, 4.69) is 17.1 Å². The minimum atomic E-state index is -0.411. The number of fused-ring (bicyclic) bond motifs is 5. The first-order valence-electron chi connectivity index (χ1n) is 11.7. The maximum atomic E-state index is 13.7. The molecule has 35 heavy (non-hydrogen) atoms. The number of carbonyl (C=O) groups is 1. The Balaban J connectivity index is 1.46. The molecule has 0 saturated carbocycles. The van der Waals surface area contributed by atoms with Crippen LogP contribution in [0.5, 0.6) is 5.75 Å². The lowest BCUT2D eigenvalue weighted by atomic mass is 9.98. The van der Waals surface area contributed by atoms with Gasteiger partial charge in [0.15, 0.2) is 17.8 Å². The van der Waals surface area contributed by atoms with Gasteiger partial charge in [0.05, 0.1) is 0 Å². The number of rotatable bonds is 5. The van der Waals surface area contributed by atoms with Crippen molar-refractivity contribution in [2.75, 3.05) is 4.90 Å². The zero-order chi connectivity index (χ0) is 23.9. The Hall–Kier alpha value is -4.23. The van der Waals surface area contributed by atoms with E-state index in [0.717, 1.165) is 38.8 Å². The van der Waals surface area contributed by atoms with Gasteiger partial charge in [-0.1, -0.05) is 48.5 Å². The standard InChI is InChI=1S/C28H24N4O3/c29-35-21-11-12-22-19(16-21)8-13-25-26(22)30-23(14-17-4-2-1-3-5-17)27-31-24(28(34)32(25)27)15-18-6-9-20(33)10-7-18/h1-13,23-24,33H,14-16,29H2/p+1. The monoisotopic (exact) mass is 465 g/mol. The molecule has 1 aliphatic carbocycles. The van der Waals surface area contributed by atoms with Gasteiger partial charge < -0.3 is 9.94 Å². The number of amidine groups is 1. The van der Waals surface area contributed by atoms with Crippen molar-refractivity contribution in [2.24, 2.45) is 10.9 Å². The lowest BCUT2D eigenvalue weighted by Crippen LogP contribution is -2.80. The summed E-state index contributed by atoms with van der Waals surface area (Å²) >= 11 is 0. The lowest BCUT2D eigenvalue weighted by molar-refractivity contribution is -0.481. The lowest BCUT2D eigenvalue weighted by Gasteiger charge is -2.22. The number of hydrogen-bond donors (Lipinski definition) is 3. The van der Waals surface area contributed by atoms with E-state index in [9.17, 15) is 9.90 Å². The van der Waals surface area contributed by atoms with Crippen LogP contribution in [0.15, 0.2) is 83.6 Å². The van der Waals surface area contributed by atoms with Crippen LogP contribution in [0.1, 0.15) is 16.7 Å². The number of benzene rings is 3. The molecule has 0 spiro atoms. The number of phenolic OH excluding ortho intramolecular Hbond substituents is 1. The van der Waals surface area contributed by atoms with E-state index in [1.54, 1.807) is 12.1 Å².